The monoisotopic (exact) mass is 360 g/mol. The van der Waals surface area contributed by atoms with Crippen LogP contribution in [0.1, 0.15) is 41.8 Å². The van der Waals surface area contributed by atoms with E-state index >= 15 is 0 Å². The normalized spacial score (nSPS) is 17.3. The summed E-state index contributed by atoms with van der Waals surface area (Å²) in [6, 6.07) is 22.1. The van der Waals surface area contributed by atoms with Gasteiger partial charge >= 0.3 is 0 Å². The summed E-state index contributed by atoms with van der Waals surface area (Å²) in [6.45, 7) is 5.34. The molecule has 27 heavy (non-hydrogen) atoms. The van der Waals surface area contributed by atoms with Crippen LogP contribution in [0.3, 0.4) is 0 Å². The highest BCUT2D eigenvalue weighted by atomic mass is 16.5. The third-order valence-corrected chi connectivity index (χ3v) is 5.60. The number of methoxy groups -OCH3 is 1. The topological polar surface area (TPSA) is 17.4 Å². The zero-order chi connectivity index (χ0) is 18.6. The van der Waals surface area contributed by atoms with Gasteiger partial charge in [0.2, 0.25) is 0 Å². The minimum atomic E-state index is 0.282. The maximum Gasteiger partial charge on any atom is 0.119 e. The molecule has 0 fully saturated rings. The summed E-state index contributed by atoms with van der Waals surface area (Å²) in [7, 11) is 1.73. The molecular weight excluding hydrogens is 332 g/mol. The lowest BCUT2D eigenvalue weighted by Crippen LogP contribution is -2.30. The molecule has 0 unspecified atom stereocenters. The summed E-state index contributed by atoms with van der Waals surface area (Å²) in [5.41, 5.74) is 5.57. The molecule has 1 aliphatic rings. The SMILES string of the molecule is CCc1ccccc1[C@@H]1c2cccn2CCCN1Cc1cccc(OC)c1. The summed E-state index contributed by atoms with van der Waals surface area (Å²) in [5, 5.41) is 0. The lowest BCUT2D eigenvalue weighted by Gasteiger charge is -2.32. The molecule has 1 aliphatic heterocycles. The second-order valence-corrected chi connectivity index (χ2v) is 7.26. The quantitative estimate of drug-likeness (QED) is 0.633. The fraction of sp³-hybridized carbons (Fsp3) is 0.333. The van der Waals surface area contributed by atoms with Gasteiger partial charge in [-0.1, -0.05) is 43.3 Å². The van der Waals surface area contributed by atoms with Crippen molar-refractivity contribution in [3.8, 4) is 5.75 Å². The molecule has 0 N–H and O–H groups in total. The van der Waals surface area contributed by atoms with Gasteiger partial charge in [0.05, 0.1) is 13.2 Å². The third-order valence-electron chi connectivity index (χ3n) is 5.60. The number of rotatable bonds is 5. The molecule has 1 atom stereocenters. The lowest BCUT2D eigenvalue weighted by molar-refractivity contribution is 0.219. The molecule has 3 nitrogen and oxygen atoms in total. The molecule has 140 valence electrons. The first-order chi connectivity index (χ1) is 13.3. The molecule has 0 saturated heterocycles. The largest absolute Gasteiger partial charge is 0.497 e. The molecule has 0 aliphatic carbocycles. The number of ether oxygens (including phenoxy) is 1. The number of fused-ring (bicyclic) bond motifs is 1. The summed E-state index contributed by atoms with van der Waals surface area (Å²) in [5.74, 6) is 0.927. The Morgan fingerprint density at radius 2 is 1.89 bits per heavy atom. The maximum atomic E-state index is 5.44. The van der Waals surface area contributed by atoms with Crippen LogP contribution >= 0.6 is 0 Å². The molecule has 0 spiro atoms. The van der Waals surface area contributed by atoms with Crippen molar-refractivity contribution in [2.24, 2.45) is 0 Å². The Balaban J connectivity index is 1.76. The molecule has 1 aromatic heterocycles. The Hall–Kier alpha value is -2.52. The van der Waals surface area contributed by atoms with Crippen molar-refractivity contribution >= 4 is 0 Å². The van der Waals surface area contributed by atoms with Crippen LogP contribution in [0.15, 0.2) is 66.9 Å². The summed E-state index contributed by atoms with van der Waals surface area (Å²) < 4.78 is 7.87. The van der Waals surface area contributed by atoms with E-state index in [1.54, 1.807) is 7.11 Å². The zero-order valence-electron chi connectivity index (χ0n) is 16.3. The van der Waals surface area contributed by atoms with Gasteiger partial charge in [-0.25, -0.2) is 0 Å². The number of aryl methyl sites for hydroxylation is 2. The van der Waals surface area contributed by atoms with E-state index < -0.39 is 0 Å². The van der Waals surface area contributed by atoms with Crippen molar-refractivity contribution in [3.63, 3.8) is 0 Å². The molecule has 0 radical (unpaired) electrons. The van der Waals surface area contributed by atoms with Gasteiger partial charge in [-0.15, -0.1) is 0 Å². The highest BCUT2D eigenvalue weighted by molar-refractivity contribution is 5.37. The predicted molar refractivity (Wildman–Crippen MR) is 110 cm³/mol. The van der Waals surface area contributed by atoms with Crippen LogP contribution in [0.5, 0.6) is 5.75 Å². The molecule has 0 amide bonds. The smallest absolute Gasteiger partial charge is 0.119 e. The Morgan fingerprint density at radius 3 is 2.74 bits per heavy atom. The molecule has 2 heterocycles. The molecule has 2 aromatic carbocycles. The van der Waals surface area contributed by atoms with Crippen LogP contribution in [0, 0.1) is 0 Å². The number of hydrogen-bond donors (Lipinski definition) is 0. The fourth-order valence-electron chi connectivity index (χ4n) is 4.29. The first-order valence-electron chi connectivity index (χ1n) is 9.90. The van der Waals surface area contributed by atoms with Crippen LogP contribution in [-0.4, -0.2) is 23.1 Å². The van der Waals surface area contributed by atoms with Crippen LogP contribution in [0.2, 0.25) is 0 Å². The van der Waals surface area contributed by atoms with Gasteiger partial charge in [-0.2, -0.15) is 0 Å². The van der Waals surface area contributed by atoms with Gasteiger partial charge in [0.25, 0.3) is 0 Å². The van der Waals surface area contributed by atoms with Gasteiger partial charge in [0.15, 0.2) is 0 Å². The molecule has 3 heteroatoms. The van der Waals surface area contributed by atoms with E-state index in [0.717, 1.165) is 38.2 Å². The van der Waals surface area contributed by atoms with E-state index in [2.05, 4.69) is 77.2 Å². The van der Waals surface area contributed by atoms with Crippen LogP contribution in [0.25, 0.3) is 0 Å². The number of nitrogens with zero attached hydrogens (tertiary/aromatic N) is 2. The van der Waals surface area contributed by atoms with Crippen molar-refractivity contribution in [2.75, 3.05) is 13.7 Å². The van der Waals surface area contributed by atoms with E-state index in [1.165, 1.54) is 22.4 Å². The standard InChI is InChI=1S/C24H28N2O/c1-3-20-10-4-5-12-22(20)24-23-13-7-14-25(23)15-8-16-26(24)18-19-9-6-11-21(17-19)27-2/h4-7,9-14,17,24H,3,8,15-16,18H2,1-2H3/t24-/m1/s1. The number of benzene rings is 2. The molecule has 3 aromatic rings. The summed E-state index contributed by atoms with van der Waals surface area (Å²) >= 11 is 0. The summed E-state index contributed by atoms with van der Waals surface area (Å²) in [4.78, 5) is 2.63. The van der Waals surface area contributed by atoms with E-state index in [0.29, 0.717) is 0 Å². The zero-order valence-corrected chi connectivity index (χ0v) is 16.3. The second-order valence-electron chi connectivity index (χ2n) is 7.26. The predicted octanol–water partition coefficient (Wildman–Crippen LogP) is 5.05. The van der Waals surface area contributed by atoms with Gasteiger partial charge in [-0.3, -0.25) is 4.90 Å². The molecule has 0 bridgehead atoms. The van der Waals surface area contributed by atoms with Crippen LogP contribution in [0.4, 0.5) is 0 Å². The third kappa shape index (κ3) is 3.65. The van der Waals surface area contributed by atoms with Crippen molar-refractivity contribution in [3.05, 3.63) is 89.2 Å². The number of hydrogen-bond acceptors (Lipinski definition) is 2. The van der Waals surface area contributed by atoms with Gasteiger partial charge in [0.1, 0.15) is 5.75 Å². The molecule has 0 saturated carbocycles. The van der Waals surface area contributed by atoms with Crippen LogP contribution in [-0.2, 0) is 19.5 Å². The van der Waals surface area contributed by atoms with Crippen molar-refractivity contribution in [1.29, 1.82) is 0 Å². The molecule has 4 rings (SSSR count). The van der Waals surface area contributed by atoms with Crippen molar-refractivity contribution < 1.29 is 4.74 Å². The highest BCUT2D eigenvalue weighted by Crippen LogP contribution is 2.35. The fourth-order valence-corrected chi connectivity index (χ4v) is 4.29. The second kappa shape index (κ2) is 8.01. The Kier molecular flexibility index (Phi) is 5.30. The lowest BCUT2D eigenvalue weighted by atomic mass is 9.94. The molecular formula is C24H28N2O. The minimum Gasteiger partial charge on any atom is -0.497 e. The average Bonchev–Trinajstić information content (AvgIpc) is 3.10. The van der Waals surface area contributed by atoms with E-state index in [-0.39, 0.29) is 6.04 Å². The van der Waals surface area contributed by atoms with Gasteiger partial charge < -0.3 is 9.30 Å². The average molecular weight is 361 g/mol. The Morgan fingerprint density at radius 1 is 1.00 bits per heavy atom. The summed E-state index contributed by atoms with van der Waals surface area (Å²) in [6.07, 6.45) is 4.45. The highest BCUT2D eigenvalue weighted by Gasteiger charge is 2.28. The van der Waals surface area contributed by atoms with E-state index in [4.69, 9.17) is 4.74 Å². The van der Waals surface area contributed by atoms with Gasteiger partial charge in [0, 0.05) is 31.5 Å². The van der Waals surface area contributed by atoms with Gasteiger partial charge in [-0.05, 0) is 53.8 Å². The Labute approximate surface area is 162 Å². The first kappa shape index (κ1) is 17.9. The van der Waals surface area contributed by atoms with Crippen molar-refractivity contribution in [1.82, 2.24) is 9.47 Å². The first-order valence-corrected chi connectivity index (χ1v) is 9.90. The van der Waals surface area contributed by atoms with Crippen LogP contribution < -0.4 is 4.74 Å². The minimum absolute atomic E-state index is 0.282. The van der Waals surface area contributed by atoms with Crippen molar-refractivity contribution in [2.45, 2.75) is 38.9 Å². The number of aromatic nitrogens is 1. The van der Waals surface area contributed by atoms with E-state index in [9.17, 15) is 0 Å². The maximum absolute atomic E-state index is 5.44. The van der Waals surface area contributed by atoms with E-state index in [1.807, 2.05) is 6.07 Å². The Bertz CT molecular complexity index is 899.